The van der Waals surface area contributed by atoms with Gasteiger partial charge in [0.1, 0.15) is 23.7 Å². The molecule has 178 valence electrons. The lowest BCUT2D eigenvalue weighted by Crippen LogP contribution is -2.54. The lowest BCUT2D eigenvalue weighted by atomic mass is 10.0. The highest BCUT2D eigenvalue weighted by Gasteiger charge is 2.37. The van der Waals surface area contributed by atoms with Crippen LogP contribution in [0, 0.1) is 12.7 Å². The van der Waals surface area contributed by atoms with Crippen LogP contribution in [-0.4, -0.2) is 17.8 Å². The molecule has 0 bridgehead atoms. The van der Waals surface area contributed by atoms with Crippen molar-refractivity contribution in [3.63, 3.8) is 0 Å². The molecule has 0 saturated carbocycles. The van der Waals surface area contributed by atoms with Crippen molar-refractivity contribution in [2.45, 2.75) is 13.5 Å². The van der Waals surface area contributed by atoms with E-state index in [1.54, 1.807) is 25.1 Å². The number of hydrogen-bond donors (Lipinski definition) is 1. The molecule has 0 aromatic heterocycles. The van der Waals surface area contributed by atoms with Crippen LogP contribution in [0.4, 0.5) is 14.9 Å². The maximum atomic E-state index is 13.5. The van der Waals surface area contributed by atoms with Gasteiger partial charge in [-0.3, -0.25) is 14.9 Å². The van der Waals surface area contributed by atoms with Gasteiger partial charge in [-0.05, 0) is 60.5 Å². The van der Waals surface area contributed by atoms with Crippen molar-refractivity contribution >= 4 is 64.4 Å². The van der Waals surface area contributed by atoms with Gasteiger partial charge in [0.05, 0.1) is 10.7 Å². The minimum atomic E-state index is -0.908. The summed E-state index contributed by atoms with van der Waals surface area (Å²) in [4.78, 5) is 39.3. The van der Waals surface area contributed by atoms with E-state index < -0.39 is 23.7 Å². The van der Waals surface area contributed by atoms with Crippen LogP contribution in [0.2, 0.25) is 15.1 Å². The van der Waals surface area contributed by atoms with E-state index in [-0.39, 0.29) is 39.2 Å². The van der Waals surface area contributed by atoms with Gasteiger partial charge in [-0.2, -0.15) is 0 Å². The Kier molecular flexibility index (Phi) is 7.12. The lowest BCUT2D eigenvalue weighted by Gasteiger charge is -2.27. The summed E-state index contributed by atoms with van der Waals surface area (Å²) in [6.07, 6.45) is 1.23. The number of rotatable bonds is 5. The third-order valence-corrected chi connectivity index (χ3v) is 5.86. The average Bonchev–Trinajstić information content (AvgIpc) is 2.78. The minimum absolute atomic E-state index is 0.0399. The molecule has 0 unspecified atom stereocenters. The number of ether oxygens (including phenoxy) is 1. The summed E-state index contributed by atoms with van der Waals surface area (Å²) in [7, 11) is 0. The van der Waals surface area contributed by atoms with Gasteiger partial charge in [0.15, 0.2) is 0 Å². The van der Waals surface area contributed by atoms with Crippen molar-refractivity contribution < 1.29 is 23.5 Å². The monoisotopic (exact) mass is 532 g/mol. The average molecular weight is 534 g/mol. The molecule has 0 radical (unpaired) electrons. The van der Waals surface area contributed by atoms with Crippen molar-refractivity contribution in [1.82, 2.24) is 5.32 Å². The predicted octanol–water partition coefficient (Wildman–Crippen LogP) is 6.34. The highest BCUT2D eigenvalue weighted by Crippen LogP contribution is 2.36. The van der Waals surface area contributed by atoms with E-state index in [0.29, 0.717) is 16.1 Å². The van der Waals surface area contributed by atoms with Crippen LogP contribution in [0.5, 0.6) is 5.75 Å². The van der Waals surface area contributed by atoms with Crippen molar-refractivity contribution in [3.8, 4) is 5.75 Å². The summed E-state index contributed by atoms with van der Waals surface area (Å²) in [5, 5.41) is 2.80. The van der Waals surface area contributed by atoms with Crippen LogP contribution in [-0.2, 0) is 16.2 Å². The van der Waals surface area contributed by atoms with E-state index in [9.17, 15) is 18.8 Å². The molecule has 35 heavy (non-hydrogen) atoms. The van der Waals surface area contributed by atoms with Gasteiger partial charge in [0.25, 0.3) is 11.8 Å². The fraction of sp³-hybridized carbons (Fsp3) is 0.0800. The zero-order valence-corrected chi connectivity index (χ0v) is 20.3. The Bertz CT molecular complexity index is 1410. The normalized spacial score (nSPS) is 14.9. The van der Waals surface area contributed by atoms with E-state index in [1.807, 2.05) is 0 Å². The number of aryl methyl sites for hydroxylation is 1. The molecule has 4 rings (SSSR count). The highest BCUT2D eigenvalue weighted by atomic mass is 35.5. The molecule has 1 fully saturated rings. The summed E-state index contributed by atoms with van der Waals surface area (Å²) in [6.45, 7) is 1.66. The SMILES string of the molecule is Cc1ccc(Cl)cc1N1C(=O)NC(=O)/C(=C\c2cc(Cl)cc(Cl)c2OCc2cccc(F)c2)C1=O. The number of nitrogens with one attached hydrogen (secondary N) is 1. The molecule has 3 aromatic carbocycles. The zero-order chi connectivity index (χ0) is 25.3. The van der Waals surface area contributed by atoms with Crippen molar-refractivity contribution in [2.75, 3.05) is 4.90 Å². The second-order valence-electron chi connectivity index (χ2n) is 7.61. The molecular weight excluding hydrogens is 518 g/mol. The summed E-state index contributed by atoms with van der Waals surface area (Å²) in [5.74, 6) is -2.07. The van der Waals surface area contributed by atoms with E-state index in [0.717, 1.165) is 4.90 Å². The minimum Gasteiger partial charge on any atom is -0.487 e. The van der Waals surface area contributed by atoms with Gasteiger partial charge in [-0.25, -0.2) is 14.1 Å². The number of nitrogens with zero attached hydrogens (tertiary/aromatic N) is 1. The van der Waals surface area contributed by atoms with Crippen LogP contribution >= 0.6 is 34.8 Å². The first-order valence-electron chi connectivity index (χ1n) is 10.2. The molecule has 4 amide bonds. The zero-order valence-electron chi connectivity index (χ0n) is 18.1. The summed E-state index contributed by atoms with van der Waals surface area (Å²) in [5.41, 5.74) is 1.23. The van der Waals surface area contributed by atoms with E-state index in [1.165, 1.54) is 42.5 Å². The number of hydrogen-bond acceptors (Lipinski definition) is 4. The third kappa shape index (κ3) is 5.32. The maximum absolute atomic E-state index is 13.5. The van der Waals surface area contributed by atoms with Gasteiger partial charge >= 0.3 is 6.03 Å². The molecular formula is C25H16Cl3FN2O4. The molecule has 1 N–H and O–H groups in total. The van der Waals surface area contributed by atoms with E-state index in [2.05, 4.69) is 5.32 Å². The third-order valence-electron chi connectivity index (χ3n) is 5.12. The first-order valence-corrected chi connectivity index (χ1v) is 11.3. The van der Waals surface area contributed by atoms with Gasteiger partial charge in [0.2, 0.25) is 0 Å². The predicted molar refractivity (Wildman–Crippen MR) is 132 cm³/mol. The maximum Gasteiger partial charge on any atom is 0.335 e. The standard InChI is InChI=1S/C25H16Cl3FN2O4/c1-13-5-6-16(26)11-21(13)31-24(33)19(23(32)30-25(31)34)9-15-8-17(27)10-20(28)22(15)35-12-14-3-2-4-18(29)7-14/h2-11H,12H2,1H3,(H,30,32,34)/b19-9+. The van der Waals surface area contributed by atoms with Crippen molar-refractivity contribution in [3.05, 3.63) is 97.7 Å². The summed E-state index contributed by atoms with van der Waals surface area (Å²) in [6, 6.07) is 12.5. The number of benzene rings is 3. The molecule has 1 aliphatic rings. The second-order valence-corrected chi connectivity index (χ2v) is 8.89. The lowest BCUT2D eigenvalue weighted by molar-refractivity contribution is -0.122. The van der Waals surface area contributed by atoms with Crippen molar-refractivity contribution in [1.29, 1.82) is 0 Å². The smallest absolute Gasteiger partial charge is 0.335 e. The Morgan fingerprint density at radius 3 is 2.51 bits per heavy atom. The Morgan fingerprint density at radius 2 is 1.77 bits per heavy atom. The van der Waals surface area contributed by atoms with Gasteiger partial charge in [0, 0.05) is 15.6 Å². The second kappa shape index (κ2) is 10.1. The van der Waals surface area contributed by atoms with E-state index >= 15 is 0 Å². The van der Waals surface area contributed by atoms with Crippen LogP contribution in [0.15, 0.2) is 60.2 Å². The van der Waals surface area contributed by atoms with Crippen LogP contribution in [0.25, 0.3) is 6.08 Å². The number of anilines is 1. The van der Waals surface area contributed by atoms with Crippen molar-refractivity contribution in [2.24, 2.45) is 0 Å². The van der Waals surface area contributed by atoms with Gasteiger partial charge in [-0.15, -0.1) is 0 Å². The molecule has 3 aromatic rings. The highest BCUT2D eigenvalue weighted by molar-refractivity contribution is 6.40. The van der Waals surface area contributed by atoms with Gasteiger partial charge in [-0.1, -0.05) is 53.0 Å². The molecule has 10 heteroatoms. The molecule has 0 atom stereocenters. The number of imide groups is 2. The molecule has 6 nitrogen and oxygen atoms in total. The molecule has 1 aliphatic heterocycles. The van der Waals surface area contributed by atoms with E-state index in [4.69, 9.17) is 39.5 Å². The number of amides is 4. The van der Waals surface area contributed by atoms with Gasteiger partial charge < -0.3 is 4.74 Å². The number of carbonyl (C=O) groups excluding carboxylic acids is 3. The number of halogens is 4. The Labute approximate surface area is 214 Å². The Hall–Kier alpha value is -3.39. The number of carbonyl (C=O) groups is 3. The summed E-state index contributed by atoms with van der Waals surface area (Å²) < 4.78 is 19.3. The fourth-order valence-corrected chi connectivity index (χ4v) is 4.21. The Morgan fingerprint density at radius 1 is 1.00 bits per heavy atom. The topological polar surface area (TPSA) is 75.7 Å². The summed E-state index contributed by atoms with van der Waals surface area (Å²) >= 11 is 18.5. The quantitative estimate of drug-likeness (QED) is 0.307. The largest absolute Gasteiger partial charge is 0.487 e. The molecule has 0 aliphatic carbocycles. The fourth-order valence-electron chi connectivity index (χ4n) is 3.48. The molecule has 1 saturated heterocycles. The first-order chi connectivity index (χ1) is 16.6. The number of barbiturate groups is 1. The molecule has 0 spiro atoms. The van der Waals surface area contributed by atoms with Crippen LogP contribution in [0.1, 0.15) is 16.7 Å². The first kappa shape index (κ1) is 24.7. The number of urea groups is 1. The van der Waals surface area contributed by atoms with Crippen LogP contribution < -0.4 is 15.0 Å². The molecule has 1 heterocycles. The van der Waals surface area contributed by atoms with Crippen LogP contribution in [0.3, 0.4) is 0 Å². The Balaban J connectivity index is 1.74.